The summed E-state index contributed by atoms with van der Waals surface area (Å²) >= 11 is 3.36. The minimum atomic E-state index is -0.970. The van der Waals surface area contributed by atoms with Crippen LogP contribution < -0.4 is 10.6 Å². The van der Waals surface area contributed by atoms with Gasteiger partial charge in [0.1, 0.15) is 12.1 Å². The molecule has 4 amide bonds. The molecule has 7 heteroatoms. The number of hydrogen-bond donors (Lipinski definition) is 2. The Hall–Kier alpha value is -1.89. The highest BCUT2D eigenvalue weighted by atomic mass is 79.9. The molecule has 1 aliphatic heterocycles. The molecule has 2 N–H and O–H groups in total. The Bertz CT molecular complexity index is 628. The molecule has 0 saturated carbocycles. The topological polar surface area (TPSA) is 78.5 Å². The van der Waals surface area contributed by atoms with E-state index in [4.69, 9.17) is 0 Å². The normalized spacial score (nSPS) is 16.9. The van der Waals surface area contributed by atoms with Crippen LogP contribution >= 0.6 is 15.9 Å². The predicted octanol–water partition coefficient (Wildman–Crippen LogP) is 2.03. The van der Waals surface area contributed by atoms with Gasteiger partial charge in [0.15, 0.2) is 0 Å². The van der Waals surface area contributed by atoms with E-state index in [1.807, 2.05) is 19.1 Å². The summed E-state index contributed by atoms with van der Waals surface area (Å²) in [7, 11) is 0. The number of aryl methyl sites for hydroxylation is 1. The van der Waals surface area contributed by atoms with Crippen LogP contribution in [0.3, 0.4) is 0 Å². The average Bonchev–Trinajstić information content (AvgIpc) is 2.55. The first kappa shape index (κ1) is 15.5. The van der Waals surface area contributed by atoms with Gasteiger partial charge in [0.25, 0.3) is 5.91 Å². The van der Waals surface area contributed by atoms with Crippen molar-refractivity contribution in [2.75, 3.05) is 11.9 Å². The SMILES string of the molecule is Cc1ccc(NC(=O)CN2C(=O)NC(C)(C)C2=O)c(Br)c1. The predicted molar refractivity (Wildman–Crippen MR) is 81.8 cm³/mol. The maximum Gasteiger partial charge on any atom is 0.325 e. The number of hydrogen-bond acceptors (Lipinski definition) is 3. The first-order valence-electron chi connectivity index (χ1n) is 6.41. The van der Waals surface area contributed by atoms with Crippen molar-refractivity contribution in [3.05, 3.63) is 28.2 Å². The molecular weight excluding hydrogens is 338 g/mol. The first-order valence-corrected chi connectivity index (χ1v) is 7.20. The molecule has 0 unspecified atom stereocenters. The molecule has 2 rings (SSSR count). The number of carbonyl (C=O) groups is 3. The first-order chi connectivity index (χ1) is 9.70. The van der Waals surface area contributed by atoms with E-state index in [9.17, 15) is 14.4 Å². The number of carbonyl (C=O) groups excluding carboxylic acids is 3. The second-order valence-electron chi connectivity index (χ2n) is 5.48. The highest BCUT2D eigenvalue weighted by Crippen LogP contribution is 2.23. The molecule has 0 atom stereocenters. The smallest absolute Gasteiger partial charge is 0.324 e. The molecule has 1 aliphatic rings. The summed E-state index contributed by atoms with van der Waals surface area (Å²) in [5.41, 5.74) is 0.676. The Morgan fingerprint density at radius 2 is 2.05 bits per heavy atom. The van der Waals surface area contributed by atoms with Crippen LogP contribution in [0.15, 0.2) is 22.7 Å². The summed E-state index contributed by atoms with van der Waals surface area (Å²) in [5.74, 6) is -0.841. The van der Waals surface area contributed by atoms with Crippen molar-refractivity contribution < 1.29 is 14.4 Å². The Labute approximate surface area is 131 Å². The fourth-order valence-corrected chi connectivity index (χ4v) is 2.61. The molecule has 1 heterocycles. The van der Waals surface area contributed by atoms with Gasteiger partial charge in [-0.1, -0.05) is 6.07 Å². The lowest BCUT2D eigenvalue weighted by atomic mass is 10.1. The zero-order valence-electron chi connectivity index (χ0n) is 12.0. The molecule has 0 aliphatic carbocycles. The van der Waals surface area contributed by atoms with Crippen LogP contribution in [-0.4, -0.2) is 34.8 Å². The molecule has 1 aromatic carbocycles. The number of benzene rings is 1. The maximum absolute atomic E-state index is 12.0. The number of anilines is 1. The number of nitrogens with zero attached hydrogens (tertiary/aromatic N) is 1. The van der Waals surface area contributed by atoms with E-state index >= 15 is 0 Å². The van der Waals surface area contributed by atoms with Gasteiger partial charge in [-0.25, -0.2) is 4.79 Å². The van der Waals surface area contributed by atoms with Crippen LogP contribution in [0, 0.1) is 6.92 Å². The van der Waals surface area contributed by atoms with E-state index in [0.717, 1.165) is 14.9 Å². The number of imide groups is 1. The number of nitrogens with one attached hydrogen (secondary N) is 2. The Balaban J connectivity index is 2.06. The third-order valence-electron chi connectivity index (χ3n) is 3.14. The molecule has 1 aromatic rings. The number of amides is 4. The van der Waals surface area contributed by atoms with Gasteiger partial charge in [-0.3, -0.25) is 14.5 Å². The van der Waals surface area contributed by atoms with E-state index in [1.54, 1.807) is 19.9 Å². The van der Waals surface area contributed by atoms with E-state index in [-0.39, 0.29) is 6.54 Å². The van der Waals surface area contributed by atoms with Crippen molar-refractivity contribution in [3.63, 3.8) is 0 Å². The molecule has 6 nitrogen and oxygen atoms in total. The van der Waals surface area contributed by atoms with Gasteiger partial charge in [0.05, 0.1) is 5.69 Å². The van der Waals surface area contributed by atoms with Gasteiger partial charge in [-0.2, -0.15) is 0 Å². The standard InChI is InChI=1S/C14H16BrN3O3/c1-8-4-5-10(9(15)6-8)16-11(19)7-18-12(20)14(2,3)17-13(18)21/h4-6H,7H2,1-3H3,(H,16,19)(H,17,21). The fraction of sp³-hybridized carbons (Fsp3) is 0.357. The Morgan fingerprint density at radius 1 is 1.38 bits per heavy atom. The Kier molecular flexibility index (Phi) is 4.04. The van der Waals surface area contributed by atoms with Crippen molar-refractivity contribution in [1.29, 1.82) is 0 Å². The summed E-state index contributed by atoms with van der Waals surface area (Å²) in [6, 6.07) is 4.93. The van der Waals surface area contributed by atoms with Crippen LogP contribution in [0.1, 0.15) is 19.4 Å². The van der Waals surface area contributed by atoms with Gasteiger partial charge in [0.2, 0.25) is 5.91 Å². The van der Waals surface area contributed by atoms with Crippen LogP contribution in [0.2, 0.25) is 0 Å². The van der Waals surface area contributed by atoms with Crippen LogP contribution in [0.25, 0.3) is 0 Å². The quantitative estimate of drug-likeness (QED) is 0.816. The van der Waals surface area contributed by atoms with Crippen molar-refractivity contribution in [2.24, 2.45) is 0 Å². The zero-order valence-corrected chi connectivity index (χ0v) is 13.6. The van der Waals surface area contributed by atoms with Gasteiger partial charge in [-0.15, -0.1) is 0 Å². The molecule has 0 radical (unpaired) electrons. The molecule has 0 bridgehead atoms. The molecular formula is C14H16BrN3O3. The summed E-state index contributed by atoms with van der Waals surface area (Å²) < 4.78 is 0.744. The zero-order chi connectivity index (χ0) is 15.8. The molecule has 21 heavy (non-hydrogen) atoms. The van der Waals surface area contributed by atoms with E-state index in [2.05, 4.69) is 26.6 Å². The minimum Gasteiger partial charge on any atom is -0.324 e. The van der Waals surface area contributed by atoms with Crippen LogP contribution in [-0.2, 0) is 9.59 Å². The lowest BCUT2D eigenvalue weighted by molar-refractivity contribution is -0.132. The molecule has 0 spiro atoms. The van der Waals surface area contributed by atoms with Gasteiger partial charge in [0, 0.05) is 4.47 Å². The summed E-state index contributed by atoms with van der Waals surface area (Å²) in [5, 5.41) is 5.20. The average molecular weight is 354 g/mol. The number of rotatable bonds is 3. The lowest BCUT2D eigenvalue weighted by Gasteiger charge is -2.16. The maximum atomic E-state index is 12.0. The highest BCUT2D eigenvalue weighted by Gasteiger charge is 2.44. The minimum absolute atomic E-state index is 0.311. The lowest BCUT2D eigenvalue weighted by Crippen LogP contribution is -2.41. The van der Waals surface area contributed by atoms with Gasteiger partial charge >= 0.3 is 6.03 Å². The summed E-state index contributed by atoms with van der Waals surface area (Å²) in [6.07, 6.45) is 0. The molecule has 1 fully saturated rings. The number of urea groups is 1. The highest BCUT2D eigenvalue weighted by molar-refractivity contribution is 9.10. The van der Waals surface area contributed by atoms with E-state index < -0.39 is 23.4 Å². The van der Waals surface area contributed by atoms with Crippen molar-refractivity contribution in [3.8, 4) is 0 Å². The van der Waals surface area contributed by atoms with Crippen LogP contribution in [0.5, 0.6) is 0 Å². The molecule has 0 aromatic heterocycles. The molecule has 112 valence electrons. The molecule has 1 saturated heterocycles. The van der Waals surface area contributed by atoms with Crippen molar-refractivity contribution >= 4 is 39.5 Å². The number of halogens is 1. The fourth-order valence-electron chi connectivity index (χ4n) is 2.02. The monoisotopic (exact) mass is 353 g/mol. The van der Waals surface area contributed by atoms with E-state index in [0.29, 0.717) is 5.69 Å². The largest absolute Gasteiger partial charge is 0.325 e. The van der Waals surface area contributed by atoms with Gasteiger partial charge in [-0.05, 0) is 54.4 Å². The van der Waals surface area contributed by atoms with E-state index in [1.165, 1.54) is 0 Å². The summed E-state index contributed by atoms with van der Waals surface area (Å²) in [4.78, 5) is 36.6. The summed E-state index contributed by atoms with van der Waals surface area (Å²) in [6.45, 7) is 4.82. The third kappa shape index (κ3) is 3.24. The van der Waals surface area contributed by atoms with Crippen molar-refractivity contribution in [2.45, 2.75) is 26.3 Å². The van der Waals surface area contributed by atoms with Crippen molar-refractivity contribution in [1.82, 2.24) is 10.2 Å². The third-order valence-corrected chi connectivity index (χ3v) is 3.80. The Morgan fingerprint density at radius 3 is 2.57 bits per heavy atom. The second-order valence-corrected chi connectivity index (χ2v) is 6.33. The van der Waals surface area contributed by atoms with Crippen LogP contribution in [0.4, 0.5) is 10.5 Å². The second kappa shape index (κ2) is 5.48. The van der Waals surface area contributed by atoms with Gasteiger partial charge < -0.3 is 10.6 Å².